The Balaban J connectivity index is 2.24. The van der Waals surface area contributed by atoms with Crippen molar-refractivity contribution in [1.29, 1.82) is 0 Å². The molecule has 0 aliphatic carbocycles. The highest BCUT2D eigenvalue weighted by molar-refractivity contribution is 6.30. The van der Waals surface area contributed by atoms with Crippen molar-refractivity contribution >= 4 is 11.6 Å². The normalized spacial score (nSPS) is 26.7. The van der Waals surface area contributed by atoms with Crippen LogP contribution in [-0.2, 0) is 0 Å². The van der Waals surface area contributed by atoms with Crippen LogP contribution in [0.5, 0.6) is 0 Å². The largest absolute Gasteiger partial charge is 0.329 e. The number of halogens is 1. The molecule has 3 nitrogen and oxygen atoms in total. The Kier molecular flexibility index (Phi) is 5.08. The molecular formula is C16H26ClN3. The summed E-state index contributed by atoms with van der Waals surface area (Å²) in [5.74, 6) is 0. The van der Waals surface area contributed by atoms with E-state index in [-0.39, 0.29) is 6.04 Å². The van der Waals surface area contributed by atoms with Crippen LogP contribution in [0.3, 0.4) is 0 Å². The van der Waals surface area contributed by atoms with Crippen LogP contribution in [0.1, 0.15) is 31.0 Å². The Hall–Kier alpha value is -0.610. The number of hydrogen-bond acceptors (Lipinski definition) is 3. The van der Waals surface area contributed by atoms with Crippen LogP contribution in [0.15, 0.2) is 18.2 Å². The fraction of sp³-hybridized carbons (Fsp3) is 0.625. The van der Waals surface area contributed by atoms with Crippen LogP contribution in [0.2, 0.25) is 5.02 Å². The summed E-state index contributed by atoms with van der Waals surface area (Å²) in [6, 6.07) is 7.52. The molecular weight excluding hydrogens is 270 g/mol. The fourth-order valence-corrected chi connectivity index (χ4v) is 3.41. The van der Waals surface area contributed by atoms with Crippen molar-refractivity contribution < 1.29 is 0 Å². The van der Waals surface area contributed by atoms with Crippen molar-refractivity contribution in [3.8, 4) is 0 Å². The van der Waals surface area contributed by atoms with Gasteiger partial charge in [0.15, 0.2) is 0 Å². The number of aryl methyl sites for hydroxylation is 1. The molecule has 2 rings (SSSR count). The molecule has 3 unspecified atom stereocenters. The molecule has 1 saturated heterocycles. The first-order chi connectivity index (χ1) is 9.43. The van der Waals surface area contributed by atoms with Gasteiger partial charge in [0.05, 0.1) is 0 Å². The number of nitrogens with two attached hydrogens (primary N) is 1. The van der Waals surface area contributed by atoms with E-state index < -0.39 is 0 Å². The van der Waals surface area contributed by atoms with Crippen molar-refractivity contribution in [1.82, 2.24) is 9.80 Å². The van der Waals surface area contributed by atoms with E-state index in [2.05, 4.69) is 43.7 Å². The zero-order chi connectivity index (χ0) is 14.9. The molecule has 1 aliphatic rings. The van der Waals surface area contributed by atoms with Crippen LogP contribution >= 0.6 is 11.6 Å². The molecule has 0 bridgehead atoms. The second-order valence-corrected chi connectivity index (χ2v) is 6.51. The molecule has 0 saturated carbocycles. The van der Waals surface area contributed by atoms with E-state index in [0.717, 1.165) is 18.1 Å². The Morgan fingerprint density at radius 3 is 2.40 bits per heavy atom. The number of likely N-dealkylation sites (N-methyl/N-ethyl adjacent to an activating group) is 1. The summed E-state index contributed by atoms with van der Waals surface area (Å²) in [6.07, 6.45) is 0. The van der Waals surface area contributed by atoms with Gasteiger partial charge in [-0.1, -0.05) is 17.7 Å². The maximum atomic E-state index is 6.08. The Labute approximate surface area is 127 Å². The predicted molar refractivity (Wildman–Crippen MR) is 86.2 cm³/mol. The van der Waals surface area contributed by atoms with Gasteiger partial charge in [0.25, 0.3) is 0 Å². The fourth-order valence-electron chi connectivity index (χ4n) is 3.19. The zero-order valence-corrected chi connectivity index (χ0v) is 13.7. The molecule has 3 atom stereocenters. The molecule has 20 heavy (non-hydrogen) atoms. The molecule has 0 aromatic heterocycles. The van der Waals surface area contributed by atoms with E-state index in [0.29, 0.717) is 18.6 Å². The van der Waals surface area contributed by atoms with Crippen molar-refractivity contribution in [2.45, 2.75) is 38.9 Å². The van der Waals surface area contributed by atoms with Crippen LogP contribution in [0.25, 0.3) is 0 Å². The number of benzene rings is 1. The molecule has 2 N–H and O–H groups in total. The molecule has 1 fully saturated rings. The van der Waals surface area contributed by atoms with Gasteiger partial charge in [-0.2, -0.15) is 0 Å². The third-order valence-corrected chi connectivity index (χ3v) is 4.88. The number of piperazine rings is 1. The first-order valence-electron chi connectivity index (χ1n) is 7.36. The highest BCUT2D eigenvalue weighted by Gasteiger charge is 2.31. The first-order valence-corrected chi connectivity index (χ1v) is 7.74. The molecule has 0 radical (unpaired) electrons. The average molecular weight is 296 g/mol. The molecule has 0 spiro atoms. The SMILES string of the molecule is Cc1cc(Cl)ccc1C(CN)N1CC(C)N(C)C(C)C1. The van der Waals surface area contributed by atoms with Gasteiger partial charge in [-0.15, -0.1) is 0 Å². The molecule has 112 valence electrons. The van der Waals surface area contributed by atoms with E-state index in [9.17, 15) is 0 Å². The summed E-state index contributed by atoms with van der Waals surface area (Å²) in [5, 5.41) is 0.794. The summed E-state index contributed by atoms with van der Waals surface area (Å²) < 4.78 is 0. The lowest BCUT2D eigenvalue weighted by Gasteiger charge is -2.45. The van der Waals surface area contributed by atoms with Gasteiger partial charge in [-0.25, -0.2) is 0 Å². The highest BCUT2D eigenvalue weighted by Crippen LogP contribution is 2.28. The van der Waals surface area contributed by atoms with Gasteiger partial charge >= 0.3 is 0 Å². The van der Waals surface area contributed by atoms with Gasteiger partial charge in [0.2, 0.25) is 0 Å². The van der Waals surface area contributed by atoms with Gasteiger partial charge in [-0.3, -0.25) is 9.80 Å². The molecule has 1 aliphatic heterocycles. The predicted octanol–water partition coefficient (Wildman–Crippen LogP) is 2.67. The minimum atomic E-state index is 0.283. The van der Waals surface area contributed by atoms with E-state index in [4.69, 9.17) is 17.3 Å². The van der Waals surface area contributed by atoms with E-state index in [1.165, 1.54) is 11.1 Å². The first kappa shape index (κ1) is 15.8. The molecule has 1 heterocycles. The van der Waals surface area contributed by atoms with E-state index in [1.54, 1.807) is 0 Å². The topological polar surface area (TPSA) is 32.5 Å². The summed E-state index contributed by atoms with van der Waals surface area (Å²) in [6.45, 7) is 9.45. The van der Waals surface area contributed by atoms with Crippen molar-refractivity contribution in [3.05, 3.63) is 34.3 Å². The second kappa shape index (κ2) is 6.44. The summed E-state index contributed by atoms with van der Waals surface area (Å²) in [5.41, 5.74) is 8.62. The molecule has 1 aromatic rings. The van der Waals surface area contributed by atoms with E-state index >= 15 is 0 Å². The van der Waals surface area contributed by atoms with Gasteiger partial charge in [-0.05, 0) is 51.1 Å². The summed E-state index contributed by atoms with van der Waals surface area (Å²) in [7, 11) is 2.21. The van der Waals surface area contributed by atoms with Crippen molar-refractivity contribution in [3.63, 3.8) is 0 Å². The third-order valence-electron chi connectivity index (χ3n) is 4.64. The number of hydrogen-bond donors (Lipinski definition) is 1. The van der Waals surface area contributed by atoms with Crippen LogP contribution in [-0.4, -0.2) is 48.6 Å². The maximum Gasteiger partial charge on any atom is 0.0474 e. The maximum absolute atomic E-state index is 6.08. The summed E-state index contributed by atoms with van der Waals surface area (Å²) in [4.78, 5) is 4.96. The molecule has 0 amide bonds. The van der Waals surface area contributed by atoms with Crippen LogP contribution in [0, 0.1) is 6.92 Å². The number of rotatable bonds is 3. The Morgan fingerprint density at radius 1 is 1.30 bits per heavy atom. The lowest BCUT2D eigenvalue weighted by molar-refractivity contribution is 0.0350. The highest BCUT2D eigenvalue weighted by atomic mass is 35.5. The van der Waals surface area contributed by atoms with Crippen molar-refractivity contribution in [2.75, 3.05) is 26.7 Å². The Morgan fingerprint density at radius 2 is 1.90 bits per heavy atom. The minimum Gasteiger partial charge on any atom is -0.329 e. The third kappa shape index (κ3) is 3.17. The number of nitrogens with zero attached hydrogens (tertiary/aromatic N) is 2. The Bertz CT molecular complexity index is 451. The average Bonchev–Trinajstić information content (AvgIpc) is 2.39. The minimum absolute atomic E-state index is 0.283. The zero-order valence-electron chi connectivity index (χ0n) is 12.9. The standard InChI is InChI=1S/C16H26ClN3/c1-11-7-14(17)5-6-15(11)16(8-18)20-9-12(2)19(4)13(3)10-20/h5-7,12-13,16H,8-10,18H2,1-4H3. The lowest BCUT2D eigenvalue weighted by Crippen LogP contribution is -2.56. The molecule has 1 aromatic carbocycles. The monoisotopic (exact) mass is 295 g/mol. The van der Waals surface area contributed by atoms with Gasteiger partial charge in [0, 0.05) is 42.8 Å². The summed E-state index contributed by atoms with van der Waals surface area (Å²) >= 11 is 6.06. The molecule has 4 heteroatoms. The van der Waals surface area contributed by atoms with Crippen molar-refractivity contribution in [2.24, 2.45) is 5.73 Å². The van der Waals surface area contributed by atoms with Crippen LogP contribution in [0.4, 0.5) is 0 Å². The van der Waals surface area contributed by atoms with Gasteiger partial charge in [0.1, 0.15) is 0 Å². The van der Waals surface area contributed by atoms with Crippen LogP contribution < -0.4 is 5.73 Å². The van der Waals surface area contributed by atoms with Gasteiger partial charge < -0.3 is 5.73 Å². The smallest absolute Gasteiger partial charge is 0.0474 e. The second-order valence-electron chi connectivity index (χ2n) is 6.07. The quantitative estimate of drug-likeness (QED) is 0.930. The van der Waals surface area contributed by atoms with E-state index in [1.807, 2.05) is 12.1 Å². The lowest BCUT2D eigenvalue weighted by atomic mass is 9.97.